The number of allylic oxidation sites excluding steroid dienone is 1. The maximum atomic E-state index is 6.35. The van der Waals surface area contributed by atoms with E-state index in [1.807, 2.05) is 0 Å². The van der Waals surface area contributed by atoms with Gasteiger partial charge in [0.2, 0.25) is 0 Å². The van der Waals surface area contributed by atoms with Gasteiger partial charge >= 0.3 is 0 Å². The minimum absolute atomic E-state index is 0.915. The summed E-state index contributed by atoms with van der Waals surface area (Å²) in [7, 11) is 0. The van der Waals surface area contributed by atoms with Crippen molar-refractivity contribution >= 4 is 71.5 Å². The van der Waals surface area contributed by atoms with E-state index in [-0.39, 0.29) is 0 Å². The largest absolute Gasteiger partial charge is 0.456 e. The van der Waals surface area contributed by atoms with Crippen LogP contribution in [0.2, 0.25) is 0 Å². The molecule has 0 atom stereocenters. The summed E-state index contributed by atoms with van der Waals surface area (Å²) in [5.74, 6) is 0. The maximum absolute atomic E-state index is 6.35. The smallest absolute Gasteiger partial charge is 0.136 e. The molecule has 10 rings (SSSR count). The number of nitrogens with zero attached hydrogens (tertiary/aromatic N) is 2. The zero-order chi connectivity index (χ0) is 28.1. The van der Waals surface area contributed by atoms with Gasteiger partial charge in [0.05, 0.1) is 16.6 Å². The lowest BCUT2D eigenvalue weighted by molar-refractivity contribution is 0.669. The van der Waals surface area contributed by atoms with Crippen LogP contribution in [-0.2, 0) is 6.42 Å². The van der Waals surface area contributed by atoms with Crippen LogP contribution in [0.15, 0.2) is 132 Å². The second kappa shape index (κ2) is 8.50. The third kappa shape index (κ3) is 3.14. The molecule has 0 amide bonds. The van der Waals surface area contributed by atoms with Gasteiger partial charge in [-0.3, -0.25) is 0 Å². The van der Waals surface area contributed by atoms with Crippen molar-refractivity contribution in [2.45, 2.75) is 12.8 Å². The number of aromatic nitrogens is 2. The Kier molecular flexibility index (Phi) is 4.56. The van der Waals surface area contributed by atoms with Crippen molar-refractivity contribution in [1.29, 1.82) is 0 Å². The van der Waals surface area contributed by atoms with E-state index in [4.69, 9.17) is 4.42 Å². The van der Waals surface area contributed by atoms with Crippen molar-refractivity contribution in [1.82, 2.24) is 9.13 Å². The molecule has 0 aliphatic heterocycles. The van der Waals surface area contributed by atoms with E-state index in [1.54, 1.807) is 0 Å². The second-order valence-electron chi connectivity index (χ2n) is 11.7. The van der Waals surface area contributed by atoms with Gasteiger partial charge in [-0.1, -0.05) is 66.7 Å². The van der Waals surface area contributed by atoms with Crippen LogP contribution in [-0.4, -0.2) is 9.13 Å². The van der Waals surface area contributed by atoms with E-state index in [0.29, 0.717) is 0 Å². The Morgan fingerprint density at radius 2 is 1.26 bits per heavy atom. The third-order valence-electron chi connectivity index (χ3n) is 9.34. The van der Waals surface area contributed by atoms with Crippen molar-refractivity contribution in [3.05, 3.63) is 139 Å². The van der Waals surface area contributed by atoms with Crippen LogP contribution in [0.3, 0.4) is 0 Å². The van der Waals surface area contributed by atoms with Crippen LogP contribution in [0.4, 0.5) is 0 Å². The minimum Gasteiger partial charge on any atom is -0.456 e. The third-order valence-corrected chi connectivity index (χ3v) is 9.34. The number of aryl methyl sites for hydroxylation is 1. The summed E-state index contributed by atoms with van der Waals surface area (Å²) in [5, 5.41) is 8.70. The van der Waals surface area contributed by atoms with Gasteiger partial charge in [-0.25, -0.2) is 0 Å². The van der Waals surface area contributed by atoms with Gasteiger partial charge in [0.15, 0.2) is 0 Å². The summed E-state index contributed by atoms with van der Waals surface area (Å²) < 4.78 is 11.2. The molecule has 0 saturated heterocycles. The van der Waals surface area contributed by atoms with E-state index in [9.17, 15) is 0 Å². The Balaban J connectivity index is 1.31. The number of benzene rings is 6. The first-order valence-electron chi connectivity index (χ1n) is 15.0. The van der Waals surface area contributed by atoms with Gasteiger partial charge in [-0.15, -0.1) is 0 Å². The fourth-order valence-corrected chi connectivity index (χ4v) is 7.51. The Morgan fingerprint density at radius 1 is 0.512 bits per heavy atom. The van der Waals surface area contributed by atoms with Crippen molar-refractivity contribution < 1.29 is 4.42 Å². The molecule has 43 heavy (non-hydrogen) atoms. The molecule has 202 valence electrons. The molecular formula is C40H26N2O. The van der Waals surface area contributed by atoms with Crippen molar-refractivity contribution in [3.63, 3.8) is 0 Å². The summed E-state index contributed by atoms with van der Waals surface area (Å²) in [4.78, 5) is 0. The monoisotopic (exact) mass is 550 g/mol. The fourth-order valence-electron chi connectivity index (χ4n) is 7.51. The number of hydrogen-bond acceptors (Lipinski definition) is 1. The normalized spacial score (nSPS) is 13.3. The fraction of sp³-hybridized carbons (Fsp3) is 0.0500. The molecule has 0 radical (unpaired) electrons. The van der Waals surface area contributed by atoms with Crippen LogP contribution < -0.4 is 0 Å². The van der Waals surface area contributed by atoms with E-state index < -0.39 is 0 Å². The van der Waals surface area contributed by atoms with Crippen molar-refractivity contribution in [2.75, 3.05) is 0 Å². The molecule has 0 unspecified atom stereocenters. The summed E-state index contributed by atoms with van der Waals surface area (Å²) in [5.41, 5.74) is 10.6. The Morgan fingerprint density at radius 3 is 2.14 bits per heavy atom. The molecule has 6 aromatic carbocycles. The molecule has 3 heterocycles. The number of rotatable bonds is 2. The molecule has 0 bridgehead atoms. The summed E-state index contributed by atoms with van der Waals surface area (Å²) in [6.45, 7) is 0. The Bertz CT molecular complexity index is 2610. The van der Waals surface area contributed by atoms with Crippen LogP contribution >= 0.6 is 0 Å². The molecule has 0 N–H and O–H groups in total. The Hall–Kier alpha value is -5.54. The van der Waals surface area contributed by atoms with Gasteiger partial charge in [0.25, 0.3) is 0 Å². The highest BCUT2D eigenvalue weighted by Gasteiger charge is 2.24. The van der Waals surface area contributed by atoms with Gasteiger partial charge in [-0.2, -0.15) is 0 Å². The van der Waals surface area contributed by atoms with E-state index in [1.165, 1.54) is 60.4 Å². The SMILES string of the molecule is C1=Cc2c(c3c4c5ccccc5n(-c5ccc6oc7cc8ccccc8cc7c6c5)c4ccc3n2-c2ccccc2)CC1. The average Bonchev–Trinajstić information content (AvgIpc) is 3.71. The van der Waals surface area contributed by atoms with Crippen molar-refractivity contribution in [3.8, 4) is 11.4 Å². The lowest BCUT2D eigenvalue weighted by Crippen LogP contribution is -1.99. The average molecular weight is 551 g/mol. The summed E-state index contributed by atoms with van der Waals surface area (Å²) in [6, 6.07) is 43.8. The molecule has 3 heteroatoms. The lowest BCUT2D eigenvalue weighted by atomic mass is 9.98. The molecular weight excluding hydrogens is 524 g/mol. The maximum Gasteiger partial charge on any atom is 0.136 e. The molecule has 0 fully saturated rings. The van der Waals surface area contributed by atoms with Gasteiger partial charge in [-0.05, 0) is 95.9 Å². The topological polar surface area (TPSA) is 23.0 Å². The lowest BCUT2D eigenvalue weighted by Gasteiger charge is -2.11. The van der Waals surface area contributed by atoms with Crippen molar-refractivity contribution in [2.24, 2.45) is 0 Å². The van der Waals surface area contributed by atoms with Crippen LogP contribution in [0.5, 0.6) is 0 Å². The van der Waals surface area contributed by atoms with E-state index in [0.717, 1.165) is 40.5 Å². The first kappa shape index (κ1) is 23.1. The molecule has 3 nitrogen and oxygen atoms in total. The zero-order valence-corrected chi connectivity index (χ0v) is 23.4. The zero-order valence-electron chi connectivity index (χ0n) is 23.4. The first-order chi connectivity index (χ1) is 21.3. The molecule has 0 spiro atoms. The highest BCUT2D eigenvalue weighted by atomic mass is 16.3. The molecule has 3 aromatic heterocycles. The standard InChI is InChI=1S/C40H26N2O/c1-2-12-27(13-3-1)41-33-16-8-6-14-29(33)39-35(41)19-20-36-40(39)30-15-7-9-17-34(30)42(36)28-18-21-37-32(24-28)31-22-25-10-4-5-11-26(25)23-38(31)43-37/h1-5,7-13,15-24H,6,14H2. The highest BCUT2D eigenvalue weighted by Crippen LogP contribution is 2.43. The number of para-hydroxylation sites is 2. The first-order valence-corrected chi connectivity index (χ1v) is 15.0. The number of fused-ring (bicyclic) bond motifs is 11. The highest BCUT2D eigenvalue weighted by molar-refractivity contribution is 6.23. The molecule has 1 aliphatic rings. The predicted molar refractivity (Wildman–Crippen MR) is 180 cm³/mol. The summed E-state index contributed by atoms with van der Waals surface area (Å²) >= 11 is 0. The Labute approximate surface area is 247 Å². The number of hydrogen-bond donors (Lipinski definition) is 0. The van der Waals surface area contributed by atoms with Gasteiger partial charge in [0.1, 0.15) is 11.2 Å². The van der Waals surface area contributed by atoms with Gasteiger partial charge < -0.3 is 13.6 Å². The quantitative estimate of drug-likeness (QED) is 0.210. The predicted octanol–water partition coefficient (Wildman–Crippen LogP) is 10.7. The summed E-state index contributed by atoms with van der Waals surface area (Å²) in [6.07, 6.45) is 6.74. The molecule has 0 saturated carbocycles. The van der Waals surface area contributed by atoms with Crippen LogP contribution in [0.25, 0.3) is 82.9 Å². The molecule has 1 aliphatic carbocycles. The van der Waals surface area contributed by atoms with Crippen LogP contribution in [0, 0.1) is 0 Å². The molecule has 9 aromatic rings. The number of furan rings is 1. The van der Waals surface area contributed by atoms with Crippen LogP contribution in [0.1, 0.15) is 17.7 Å². The van der Waals surface area contributed by atoms with E-state index >= 15 is 0 Å². The van der Waals surface area contributed by atoms with Gasteiger partial charge in [0, 0.05) is 44.0 Å². The second-order valence-corrected chi connectivity index (χ2v) is 11.7. The minimum atomic E-state index is 0.915. The van der Waals surface area contributed by atoms with E-state index in [2.05, 4.69) is 143 Å².